The normalized spacial score (nSPS) is 26.4. The number of β-amino-alcohol motifs (C(OH)–C–C–N with tert-alkyl or cyclic N) is 1. The van der Waals surface area contributed by atoms with Gasteiger partial charge in [0, 0.05) is 19.6 Å². The molecule has 62 valence electrons. The fourth-order valence-electron chi connectivity index (χ4n) is 1.13. The lowest BCUT2D eigenvalue weighted by molar-refractivity contribution is -0.00448. The molecule has 0 radical (unpaired) electrons. The number of hydrogen-bond acceptors (Lipinski definition) is 4. The summed E-state index contributed by atoms with van der Waals surface area (Å²) in [5.41, 5.74) is 0. The molecule has 0 spiro atoms. The molecule has 0 amide bonds. The molecule has 0 aliphatic carbocycles. The first-order valence-corrected chi connectivity index (χ1v) is 3.71. The molecule has 4 nitrogen and oxygen atoms in total. The largest absolute Gasteiger partial charge is 0.395 e. The predicted octanol–water partition coefficient (Wildman–Crippen LogP) is -0.797. The molecular weight excluding hydrogens is 144 g/mol. The van der Waals surface area contributed by atoms with E-state index in [1.165, 1.54) is 0 Å². The van der Waals surface area contributed by atoms with Crippen molar-refractivity contribution in [2.24, 2.45) is 0 Å². The summed E-state index contributed by atoms with van der Waals surface area (Å²) in [6, 6.07) is 2.05. The van der Waals surface area contributed by atoms with Crippen molar-refractivity contribution in [2.75, 3.05) is 32.8 Å². The number of ether oxygens (including phenoxy) is 1. The van der Waals surface area contributed by atoms with Crippen molar-refractivity contribution >= 4 is 0 Å². The summed E-state index contributed by atoms with van der Waals surface area (Å²) >= 11 is 0. The van der Waals surface area contributed by atoms with Crippen LogP contribution in [0, 0.1) is 11.3 Å². The number of morpholine rings is 1. The third-order valence-corrected chi connectivity index (χ3v) is 1.71. The summed E-state index contributed by atoms with van der Waals surface area (Å²) in [4.78, 5) is 2.03. The number of rotatable bonds is 2. The molecule has 0 saturated carbocycles. The average molecular weight is 156 g/mol. The second-order valence-electron chi connectivity index (χ2n) is 2.51. The summed E-state index contributed by atoms with van der Waals surface area (Å²) in [6.45, 7) is 2.83. The van der Waals surface area contributed by atoms with Crippen LogP contribution in [0.2, 0.25) is 0 Å². The van der Waals surface area contributed by atoms with Crippen molar-refractivity contribution in [1.82, 2.24) is 4.90 Å². The summed E-state index contributed by atoms with van der Waals surface area (Å²) < 4.78 is 5.12. The highest BCUT2D eigenvalue weighted by Gasteiger charge is 2.18. The van der Waals surface area contributed by atoms with E-state index in [2.05, 4.69) is 0 Å². The Labute approximate surface area is 66.0 Å². The van der Waals surface area contributed by atoms with E-state index >= 15 is 0 Å². The van der Waals surface area contributed by atoms with Crippen LogP contribution >= 0.6 is 0 Å². The highest BCUT2D eigenvalue weighted by Crippen LogP contribution is 2.02. The lowest BCUT2D eigenvalue weighted by atomic mass is 10.3. The van der Waals surface area contributed by atoms with Crippen LogP contribution in [0.4, 0.5) is 0 Å². The first-order valence-electron chi connectivity index (χ1n) is 3.71. The minimum Gasteiger partial charge on any atom is -0.395 e. The smallest absolute Gasteiger partial charge is 0.156 e. The van der Waals surface area contributed by atoms with Crippen molar-refractivity contribution in [3.05, 3.63) is 0 Å². The molecule has 1 N–H and O–H groups in total. The zero-order chi connectivity index (χ0) is 8.10. The van der Waals surface area contributed by atoms with Crippen molar-refractivity contribution in [1.29, 1.82) is 5.26 Å². The number of nitrogens with zero attached hydrogens (tertiary/aromatic N) is 2. The average Bonchev–Trinajstić information content (AvgIpc) is 2.06. The van der Waals surface area contributed by atoms with Gasteiger partial charge in [0.05, 0.1) is 19.3 Å². The second-order valence-corrected chi connectivity index (χ2v) is 2.51. The van der Waals surface area contributed by atoms with Crippen LogP contribution in [0.15, 0.2) is 0 Å². The van der Waals surface area contributed by atoms with Gasteiger partial charge >= 0.3 is 0 Å². The molecule has 1 unspecified atom stereocenters. The van der Waals surface area contributed by atoms with Gasteiger partial charge in [-0.15, -0.1) is 0 Å². The van der Waals surface area contributed by atoms with Gasteiger partial charge in [0.2, 0.25) is 0 Å². The van der Waals surface area contributed by atoms with Crippen LogP contribution in [0.25, 0.3) is 0 Å². The first kappa shape index (κ1) is 8.47. The van der Waals surface area contributed by atoms with E-state index in [9.17, 15) is 0 Å². The maximum atomic E-state index is 8.61. The Bertz CT molecular complexity index is 153. The van der Waals surface area contributed by atoms with Crippen LogP contribution in [-0.4, -0.2) is 49.0 Å². The standard InChI is InChI=1S/C7H12N2O2/c8-5-7-6-9(1-3-10)2-4-11-7/h7,10H,1-4,6H2. The van der Waals surface area contributed by atoms with Crippen LogP contribution in [0.5, 0.6) is 0 Å². The van der Waals surface area contributed by atoms with Gasteiger partial charge in [0.25, 0.3) is 0 Å². The van der Waals surface area contributed by atoms with Gasteiger partial charge < -0.3 is 9.84 Å². The lowest BCUT2D eigenvalue weighted by Crippen LogP contribution is -2.42. The number of hydrogen-bond donors (Lipinski definition) is 1. The summed E-state index contributed by atoms with van der Waals surface area (Å²) in [5.74, 6) is 0. The zero-order valence-corrected chi connectivity index (χ0v) is 6.36. The molecule has 0 aromatic heterocycles. The molecule has 1 fully saturated rings. The van der Waals surface area contributed by atoms with Crippen molar-refractivity contribution in [2.45, 2.75) is 6.10 Å². The molecule has 0 aromatic carbocycles. The minimum absolute atomic E-state index is 0.151. The van der Waals surface area contributed by atoms with E-state index in [-0.39, 0.29) is 12.7 Å². The predicted molar refractivity (Wildman–Crippen MR) is 38.9 cm³/mol. The van der Waals surface area contributed by atoms with Crippen LogP contribution < -0.4 is 0 Å². The Balaban J connectivity index is 2.29. The molecule has 1 saturated heterocycles. The van der Waals surface area contributed by atoms with Crippen LogP contribution in [-0.2, 0) is 4.74 Å². The Kier molecular flexibility index (Phi) is 3.30. The topological polar surface area (TPSA) is 56.5 Å². The summed E-state index contributed by atoms with van der Waals surface area (Å²) in [6.07, 6.45) is -0.310. The summed E-state index contributed by atoms with van der Waals surface area (Å²) in [5, 5.41) is 17.1. The maximum absolute atomic E-state index is 8.61. The number of nitriles is 1. The molecule has 1 aliphatic rings. The zero-order valence-electron chi connectivity index (χ0n) is 6.36. The molecule has 4 heteroatoms. The van der Waals surface area contributed by atoms with E-state index in [1.54, 1.807) is 0 Å². The molecule has 0 bridgehead atoms. The van der Waals surface area contributed by atoms with Gasteiger partial charge in [0.15, 0.2) is 6.10 Å². The van der Waals surface area contributed by atoms with Crippen LogP contribution in [0.1, 0.15) is 0 Å². The quantitative estimate of drug-likeness (QED) is 0.569. The Morgan fingerprint density at radius 1 is 1.73 bits per heavy atom. The third-order valence-electron chi connectivity index (χ3n) is 1.71. The Morgan fingerprint density at radius 2 is 2.55 bits per heavy atom. The molecule has 1 rings (SSSR count). The second kappa shape index (κ2) is 4.29. The summed E-state index contributed by atoms with van der Waals surface area (Å²) in [7, 11) is 0. The molecule has 1 heterocycles. The highest BCUT2D eigenvalue weighted by molar-refractivity contribution is 4.88. The van der Waals surface area contributed by atoms with E-state index in [1.807, 2.05) is 11.0 Å². The van der Waals surface area contributed by atoms with E-state index in [0.717, 1.165) is 6.54 Å². The fourth-order valence-corrected chi connectivity index (χ4v) is 1.13. The Hall–Kier alpha value is -0.630. The van der Waals surface area contributed by atoms with Crippen molar-refractivity contribution in [3.8, 4) is 6.07 Å². The van der Waals surface area contributed by atoms with Gasteiger partial charge in [-0.3, -0.25) is 4.90 Å². The minimum atomic E-state index is -0.310. The lowest BCUT2D eigenvalue weighted by Gasteiger charge is -2.28. The van der Waals surface area contributed by atoms with Crippen molar-refractivity contribution < 1.29 is 9.84 Å². The van der Waals surface area contributed by atoms with Crippen molar-refractivity contribution in [3.63, 3.8) is 0 Å². The van der Waals surface area contributed by atoms with Gasteiger partial charge in [-0.2, -0.15) is 5.26 Å². The molecular formula is C7H12N2O2. The van der Waals surface area contributed by atoms with Gasteiger partial charge in [-0.05, 0) is 0 Å². The van der Waals surface area contributed by atoms with E-state index < -0.39 is 0 Å². The Morgan fingerprint density at radius 3 is 3.18 bits per heavy atom. The molecule has 0 aromatic rings. The molecule has 1 aliphatic heterocycles. The maximum Gasteiger partial charge on any atom is 0.156 e. The van der Waals surface area contributed by atoms with Gasteiger partial charge in [0.1, 0.15) is 0 Å². The number of aliphatic hydroxyl groups is 1. The van der Waals surface area contributed by atoms with Gasteiger partial charge in [-0.25, -0.2) is 0 Å². The first-order chi connectivity index (χ1) is 5.36. The molecule has 11 heavy (non-hydrogen) atoms. The van der Waals surface area contributed by atoms with E-state index in [4.69, 9.17) is 15.1 Å². The van der Waals surface area contributed by atoms with E-state index in [0.29, 0.717) is 19.7 Å². The van der Waals surface area contributed by atoms with Crippen LogP contribution in [0.3, 0.4) is 0 Å². The third kappa shape index (κ3) is 2.46. The number of aliphatic hydroxyl groups excluding tert-OH is 1. The SMILES string of the molecule is N#CC1CN(CCO)CCO1. The van der Waals surface area contributed by atoms with Gasteiger partial charge in [-0.1, -0.05) is 0 Å². The monoisotopic (exact) mass is 156 g/mol. The molecule has 1 atom stereocenters. The fraction of sp³-hybridized carbons (Fsp3) is 0.857. The highest BCUT2D eigenvalue weighted by atomic mass is 16.5.